The fourth-order valence-electron chi connectivity index (χ4n) is 3.53. The molecule has 2 aromatic rings. The zero-order chi connectivity index (χ0) is 20.5. The molecule has 5 heteroatoms. The third-order valence-corrected chi connectivity index (χ3v) is 5.00. The molecule has 1 saturated heterocycles. The summed E-state index contributed by atoms with van der Waals surface area (Å²) in [7, 11) is 0. The molecule has 0 radical (unpaired) electrons. The average molecular weight is 392 g/mol. The van der Waals surface area contributed by atoms with Crippen LogP contribution in [-0.4, -0.2) is 36.5 Å². The molecule has 1 aliphatic heterocycles. The van der Waals surface area contributed by atoms with E-state index in [1.165, 1.54) is 11.6 Å². The van der Waals surface area contributed by atoms with E-state index in [2.05, 4.69) is 34.5 Å². The molecule has 1 heterocycles. The van der Waals surface area contributed by atoms with Crippen LogP contribution in [0.25, 0.3) is 6.08 Å². The van der Waals surface area contributed by atoms with Crippen LogP contribution in [0.3, 0.4) is 0 Å². The van der Waals surface area contributed by atoms with Gasteiger partial charge in [-0.05, 0) is 55.6 Å². The van der Waals surface area contributed by atoms with Crippen molar-refractivity contribution in [3.63, 3.8) is 0 Å². The standard InChI is InChI=1S/C24H28N2O3/c1-2-29-23(27)15-12-19-10-13-22(14-11-19)25-24(28)21-9-6-16-26(18-21)17-20-7-4-3-5-8-20/h3-5,7-8,10-15,21H,2,6,9,16-18H2,1H3,(H,25,28)/b15-12+. The molecule has 1 aliphatic rings. The number of carbonyl (C=O) groups excluding carboxylic acids is 2. The first-order valence-corrected chi connectivity index (χ1v) is 10.2. The highest BCUT2D eigenvalue weighted by molar-refractivity contribution is 5.93. The average Bonchev–Trinajstić information content (AvgIpc) is 2.74. The lowest BCUT2D eigenvalue weighted by atomic mass is 9.96. The summed E-state index contributed by atoms with van der Waals surface area (Å²) in [5, 5.41) is 3.03. The Morgan fingerprint density at radius 2 is 1.90 bits per heavy atom. The van der Waals surface area contributed by atoms with Gasteiger partial charge in [-0.2, -0.15) is 0 Å². The Balaban J connectivity index is 1.52. The van der Waals surface area contributed by atoms with Crippen molar-refractivity contribution in [2.75, 3.05) is 25.0 Å². The second kappa shape index (κ2) is 10.6. The Morgan fingerprint density at radius 3 is 2.62 bits per heavy atom. The molecular formula is C24H28N2O3. The number of ether oxygens (including phenoxy) is 1. The van der Waals surface area contributed by atoms with Gasteiger partial charge in [-0.1, -0.05) is 42.5 Å². The lowest BCUT2D eigenvalue weighted by Gasteiger charge is -2.32. The fourth-order valence-corrected chi connectivity index (χ4v) is 3.53. The monoisotopic (exact) mass is 392 g/mol. The Kier molecular flexibility index (Phi) is 7.59. The van der Waals surface area contributed by atoms with Gasteiger partial charge in [0.1, 0.15) is 0 Å². The van der Waals surface area contributed by atoms with Gasteiger partial charge in [0.2, 0.25) is 5.91 Å². The molecule has 3 rings (SSSR count). The molecule has 0 bridgehead atoms. The van der Waals surface area contributed by atoms with E-state index in [-0.39, 0.29) is 17.8 Å². The highest BCUT2D eigenvalue weighted by atomic mass is 16.5. The highest BCUT2D eigenvalue weighted by Crippen LogP contribution is 2.21. The van der Waals surface area contributed by atoms with Crippen LogP contribution in [0.2, 0.25) is 0 Å². The lowest BCUT2D eigenvalue weighted by Crippen LogP contribution is -2.40. The molecule has 2 aromatic carbocycles. The van der Waals surface area contributed by atoms with Crippen LogP contribution in [0.1, 0.15) is 30.9 Å². The molecule has 1 amide bonds. The van der Waals surface area contributed by atoms with Gasteiger partial charge in [0.25, 0.3) is 0 Å². The van der Waals surface area contributed by atoms with Crippen LogP contribution in [0.4, 0.5) is 5.69 Å². The van der Waals surface area contributed by atoms with Gasteiger partial charge in [-0.3, -0.25) is 9.69 Å². The number of likely N-dealkylation sites (tertiary alicyclic amines) is 1. The van der Waals surface area contributed by atoms with E-state index >= 15 is 0 Å². The fraction of sp³-hybridized carbons (Fsp3) is 0.333. The number of hydrogen-bond acceptors (Lipinski definition) is 4. The SMILES string of the molecule is CCOC(=O)/C=C/c1ccc(NC(=O)C2CCCN(Cc3ccccc3)C2)cc1. The first-order valence-electron chi connectivity index (χ1n) is 10.2. The Labute approximate surface area is 172 Å². The number of anilines is 1. The first kappa shape index (κ1) is 20.8. The van der Waals surface area contributed by atoms with Crippen molar-refractivity contribution in [3.05, 3.63) is 71.8 Å². The minimum atomic E-state index is -0.359. The molecule has 1 fully saturated rings. The molecule has 0 saturated carbocycles. The maximum absolute atomic E-state index is 12.7. The van der Waals surface area contributed by atoms with Crippen LogP contribution in [0, 0.1) is 5.92 Å². The Bertz CT molecular complexity index is 831. The van der Waals surface area contributed by atoms with E-state index < -0.39 is 0 Å². The largest absolute Gasteiger partial charge is 0.463 e. The van der Waals surface area contributed by atoms with Crippen LogP contribution in [0.5, 0.6) is 0 Å². The molecule has 0 aromatic heterocycles. The number of carbonyl (C=O) groups is 2. The highest BCUT2D eigenvalue weighted by Gasteiger charge is 2.25. The maximum Gasteiger partial charge on any atom is 0.330 e. The van der Waals surface area contributed by atoms with E-state index in [0.29, 0.717) is 6.61 Å². The van der Waals surface area contributed by atoms with Crippen molar-refractivity contribution >= 4 is 23.6 Å². The van der Waals surface area contributed by atoms with Gasteiger partial charge >= 0.3 is 5.97 Å². The summed E-state index contributed by atoms with van der Waals surface area (Å²) in [5.74, 6) is -0.296. The second-order valence-corrected chi connectivity index (χ2v) is 7.26. The van der Waals surface area contributed by atoms with Crippen LogP contribution >= 0.6 is 0 Å². The summed E-state index contributed by atoms with van der Waals surface area (Å²) in [6, 6.07) is 17.8. The maximum atomic E-state index is 12.7. The minimum Gasteiger partial charge on any atom is -0.463 e. The number of piperidine rings is 1. The normalized spacial score (nSPS) is 17.2. The van der Waals surface area contributed by atoms with Gasteiger partial charge in [-0.25, -0.2) is 4.79 Å². The molecule has 29 heavy (non-hydrogen) atoms. The van der Waals surface area contributed by atoms with E-state index in [0.717, 1.165) is 43.7 Å². The number of benzene rings is 2. The zero-order valence-electron chi connectivity index (χ0n) is 16.8. The number of amides is 1. The summed E-state index contributed by atoms with van der Waals surface area (Å²) in [4.78, 5) is 26.5. The number of nitrogens with one attached hydrogen (secondary N) is 1. The smallest absolute Gasteiger partial charge is 0.330 e. The van der Waals surface area contributed by atoms with Crippen molar-refractivity contribution in [2.24, 2.45) is 5.92 Å². The lowest BCUT2D eigenvalue weighted by molar-refractivity contribution is -0.137. The van der Waals surface area contributed by atoms with Crippen LogP contribution < -0.4 is 5.32 Å². The molecule has 0 aliphatic carbocycles. The quantitative estimate of drug-likeness (QED) is 0.569. The summed E-state index contributed by atoms with van der Waals surface area (Å²) in [5.41, 5.74) is 2.92. The van der Waals surface area contributed by atoms with Gasteiger partial charge in [0.05, 0.1) is 12.5 Å². The van der Waals surface area contributed by atoms with Gasteiger partial charge in [-0.15, -0.1) is 0 Å². The molecule has 1 unspecified atom stereocenters. The van der Waals surface area contributed by atoms with E-state index in [1.54, 1.807) is 13.0 Å². The van der Waals surface area contributed by atoms with Crippen molar-refractivity contribution in [1.82, 2.24) is 4.90 Å². The molecule has 0 spiro atoms. The van der Waals surface area contributed by atoms with Crippen molar-refractivity contribution in [3.8, 4) is 0 Å². The minimum absolute atomic E-state index is 0.00384. The Hall–Kier alpha value is -2.92. The number of hydrogen-bond donors (Lipinski definition) is 1. The third kappa shape index (κ3) is 6.57. The van der Waals surface area contributed by atoms with Gasteiger partial charge in [0, 0.05) is 24.9 Å². The summed E-state index contributed by atoms with van der Waals surface area (Å²) < 4.78 is 4.87. The predicted octanol–water partition coefficient (Wildman–Crippen LogP) is 4.11. The zero-order valence-corrected chi connectivity index (χ0v) is 16.8. The third-order valence-electron chi connectivity index (χ3n) is 5.00. The number of nitrogens with zero attached hydrogens (tertiary/aromatic N) is 1. The van der Waals surface area contributed by atoms with Gasteiger partial charge < -0.3 is 10.1 Å². The van der Waals surface area contributed by atoms with E-state index in [4.69, 9.17) is 4.74 Å². The van der Waals surface area contributed by atoms with Crippen LogP contribution in [-0.2, 0) is 20.9 Å². The van der Waals surface area contributed by atoms with Crippen molar-refractivity contribution in [1.29, 1.82) is 0 Å². The predicted molar refractivity (Wildman–Crippen MR) is 115 cm³/mol. The van der Waals surface area contributed by atoms with Crippen molar-refractivity contribution < 1.29 is 14.3 Å². The topological polar surface area (TPSA) is 58.6 Å². The Morgan fingerprint density at radius 1 is 1.14 bits per heavy atom. The van der Waals surface area contributed by atoms with Gasteiger partial charge in [0.15, 0.2) is 0 Å². The summed E-state index contributed by atoms with van der Waals surface area (Å²) >= 11 is 0. The van der Waals surface area contributed by atoms with Crippen LogP contribution in [0.15, 0.2) is 60.7 Å². The molecule has 1 N–H and O–H groups in total. The van der Waals surface area contributed by atoms with Crippen molar-refractivity contribution in [2.45, 2.75) is 26.3 Å². The molecular weight excluding hydrogens is 364 g/mol. The second-order valence-electron chi connectivity index (χ2n) is 7.26. The summed E-state index contributed by atoms with van der Waals surface area (Å²) in [6.07, 6.45) is 5.05. The number of rotatable bonds is 7. The van der Waals surface area contributed by atoms with E-state index in [1.807, 2.05) is 30.3 Å². The molecule has 5 nitrogen and oxygen atoms in total. The molecule has 1 atom stereocenters. The number of esters is 1. The van der Waals surface area contributed by atoms with E-state index in [9.17, 15) is 9.59 Å². The summed E-state index contributed by atoms with van der Waals surface area (Å²) in [6.45, 7) is 4.82. The molecule has 152 valence electrons. The first-order chi connectivity index (χ1) is 14.1.